The minimum atomic E-state index is 0.397. The molecule has 0 amide bonds. The zero-order valence-corrected chi connectivity index (χ0v) is 12.4. The van der Waals surface area contributed by atoms with E-state index in [4.69, 9.17) is 11.6 Å². The van der Waals surface area contributed by atoms with Crippen molar-refractivity contribution in [1.29, 1.82) is 0 Å². The average Bonchev–Trinajstić information content (AvgIpc) is 2.75. The number of nitrogens with zero attached hydrogens (tertiary/aromatic N) is 3. The lowest BCUT2D eigenvalue weighted by Crippen LogP contribution is -2.17. The van der Waals surface area contributed by atoms with Crippen molar-refractivity contribution < 1.29 is 0 Å². The summed E-state index contributed by atoms with van der Waals surface area (Å²) in [5.74, 6) is 1.25. The van der Waals surface area contributed by atoms with Gasteiger partial charge in [-0.2, -0.15) is 5.10 Å². The third-order valence-corrected chi connectivity index (χ3v) is 4.10. The van der Waals surface area contributed by atoms with Crippen molar-refractivity contribution in [2.75, 3.05) is 11.9 Å². The Morgan fingerprint density at radius 1 is 1.41 bits per heavy atom. The summed E-state index contributed by atoms with van der Waals surface area (Å²) in [6.07, 6.45) is 0. The van der Waals surface area contributed by atoms with E-state index in [1.54, 1.807) is 11.3 Å². The quantitative estimate of drug-likeness (QED) is 0.800. The van der Waals surface area contributed by atoms with Gasteiger partial charge in [0.05, 0.1) is 15.4 Å². The molecule has 17 heavy (non-hydrogen) atoms. The Morgan fingerprint density at radius 2 is 2.24 bits per heavy atom. The molecule has 2 aromatic rings. The molecule has 0 aliphatic carbocycles. The van der Waals surface area contributed by atoms with Crippen LogP contribution in [0, 0.1) is 0 Å². The molecular formula is C11H11BrClN3S. The van der Waals surface area contributed by atoms with Gasteiger partial charge in [-0.25, -0.2) is 0 Å². The lowest BCUT2D eigenvalue weighted by Gasteiger charge is -2.16. The van der Waals surface area contributed by atoms with Crippen molar-refractivity contribution in [2.45, 2.75) is 12.4 Å². The summed E-state index contributed by atoms with van der Waals surface area (Å²) in [5.41, 5.74) is 2.05. The van der Waals surface area contributed by atoms with Crippen molar-refractivity contribution in [3.8, 4) is 0 Å². The highest BCUT2D eigenvalue weighted by Crippen LogP contribution is 2.22. The van der Waals surface area contributed by atoms with E-state index in [0.29, 0.717) is 5.88 Å². The van der Waals surface area contributed by atoms with E-state index in [9.17, 15) is 0 Å². The minimum absolute atomic E-state index is 0.397. The van der Waals surface area contributed by atoms with Crippen LogP contribution in [0.2, 0.25) is 0 Å². The largest absolute Gasteiger partial charge is 0.354 e. The van der Waals surface area contributed by atoms with Gasteiger partial charge in [-0.3, -0.25) is 0 Å². The molecular weight excluding hydrogens is 322 g/mol. The Bertz CT molecular complexity index is 486. The minimum Gasteiger partial charge on any atom is -0.354 e. The van der Waals surface area contributed by atoms with Crippen LogP contribution in [0.5, 0.6) is 0 Å². The summed E-state index contributed by atoms with van der Waals surface area (Å²) in [6.45, 7) is 0.816. The molecule has 0 atom stereocenters. The van der Waals surface area contributed by atoms with Gasteiger partial charge < -0.3 is 4.90 Å². The number of rotatable bonds is 4. The summed E-state index contributed by atoms with van der Waals surface area (Å²) in [4.78, 5) is 2.06. The Labute approximate surface area is 118 Å². The predicted molar refractivity (Wildman–Crippen MR) is 75.7 cm³/mol. The zero-order valence-electron chi connectivity index (χ0n) is 9.23. The third kappa shape index (κ3) is 3.40. The van der Waals surface area contributed by atoms with Gasteiger partial charge in [-0.05, 0) is 45.1 Å². The molecule has 0 aliphatic rings. The number of halogens is 2. The van der Waals surface area contributed by atoms with E-state index in [-0.39, 0.29) is 0 Å². The van der Waals surface area contributed by atoms with E-state index in [2.05, 4.69) is 42.5 Å². The Hall–Kier alpha value is -0.650. The summed E-state index contributed by atoms with van der Waals surface area (Å²) >= 11 is 10.8. The van der Waals surface area contributed by atoms with Gasteiger partial charge in [0.1, 0.15) is 0 Å². The smallest absolute Gasteiger partial charge is 0.151 e. The molecule has 0 unspecified atom stereocenters. The number of aromatic nitrogens is 2. The van der Waals surface area contributed by atoms with Crippen molar-refractivity contribution in [2.24, 2.45) is 0 Å². The predicted octanol–water partition coefficient (Wildman–Crippen LogP) is 3.68. The number of thiophene rings is 1. The topological polar surface area (TPSA) is 29.0 Å². The Balaban J connectivity index is 2.06. The highest BCUT2D eigenvalue weighted by Gasteiger charge is 2.06. The second-order valence-electron chi connectivity index (χ2n) is 3.63. The number of hydrogen-bond acceptors (Lipinski definition) is 4. The molecule has 0 radical (unpaired) electrons. The first-order valence-corrected chi connectivity index (χ1v) is 7.22. The van der Waals surface area contributed by atoms with E-state index >= 15 is 0 Å². The summed E-state index contributed by atoms with van der Waals surface area (Å²) < 4.78 is 1.14. The molecule has 0 saturated carbocycles. The fourth-order valence-electron chi connectivity index (χ4n) is 1.41. The van der Waals surface area contributed by atoms with Crippen LogP contribution in [-0.4, -0.2) is 17.2 Å². The lowest BCUT2D eigenvalue weighted by molar-refractivity contribution is 0.856. The van der Waals surface area contributed by atoms with Crippen molar-refractivity contribution >= 4 is 44.7 Å². The molecule has 0 saturated heterocycles. The first-order valence-electron chi connectivity index (χ1n) is 5.01. The molecule has 0 fully saturated rings. The van der Waals surface area contributed by atoms with Gasteiger partial charge in [-0.1, -0.05) is 0 Å². The molecule has 2 heterocycles. The highest BCUT2D eigenvalue weighted by molar-refractivity contribution is 9.11. The lowest BCUT2D eigenvalue weighted by atomic mass is 10.3. The third-order valence-electron chi connectivity index (χ3n) is 2.28. The van der Waals surface area contributed by atoms with Gasteiger partial charge in [0.25, 0.3) is 0 Å². The number of hydrogen-bond donors (Lipinski definition) is 0. The van der Waals surface area contributed by atoms with Gasteiger partial charge in [0.2, 0.25) is 0 Å². The van der Waals surface area contributed by atoms with Crippen LogP contribution in [0.3, 0.4) is 0 Å². The Kier molecular flexibility index (Phi) is 4.36. The molecule has 2 aromatic heterocycles. The normalized spacial score (nSPS) is 10.5. The van der Waals surface area contributed by atoms with Crippen LogP contribution in [-0.2, 0) is 12.4 Å². The van der Waals surface area contributed by atoms with Crippen molar-refractivity contribution in [3.63, 3.8) is 0 Å². The van der Waals surface area contributed by atoms with Crippen LogP contribution < -0.4 is 4.90 Å². The monoisotopic (exact) mass is 331 g/mol. The van der Waals surface area contributed by atoms with Crippen LogP contribution in [0.4, 0.5) is 5.82 Å². The van der Waals surface area contributed by atoms with E-state index in [1.807, 2.05) is 19.2 Å². The van der Waals surface area contributed by atoms with Crippen molar-refractivity contribution in [1.82, 2.24) is 10.2 Å². The Morgan fingerprint density at radius 3 is 2.76 bits per heavy atom. The number of alkyl halides is 1. The number of anilines is 1. The first kappa shape index (κ1) is 12.8. The van der Waals surface area contributed by atoms with Crippen LogP contribution in [0.25, 0.3) is 0 Å². The van der Waals surface area contributed by atoms with E-state index in [0.717, 1.165) is 21.8 Å². The summed E-state index contributed by atoms with van der Waals surface area (Å²) in [6, 6.07) is 5.95. The van der Waals surface area contributed by atoms with E-state index < -0.39 is 0 Å². The SMILES string of the molecule is CN(Cc1csc(Br)c1)c1ccc(CCl)nn1. The average molecular weight is 333 g/mol. The molecule has 2 rings (SSSR count). The first-order chi connectivity index (χ1) is 8.19. The summed E-state index contributed by atoms with van der Waals surface area (Å²) in [7, 11) is 2.00. The maximum absolute atomic E-state index is 5.67. The standard InChI is InChI=1S/C11H11BrClN3S/c1-16(6-8-4-10(12)17-7-8)11-3-2-9(5-13)14-15-11/h2-4,7H,5-6H2,1H3. The molecule has 0 N–H and O–H groups in total. The van der Waals surface area contributed by atoms with Crippen molar-refractivity contribution in [3.05, 3.63) is 38.6 Å². The van der Waals surface area contributed by atoms with Crippen LogP contribution in [0.15, 0.2) is 27.4 Å². The van der Waals surface area contributed by atoms with Crippen LogP contribution in [0.1, 0.15) is 11.3 Å². The molecule has 90 valence electrons. The maximum atomic E-state index is 5.67. The second kappa shape index (κ2) is 5.80. The molecule has 0 aliphatic heterocycles. The molecule has 6 heteroatoms. The molecule has 0 aromatic carbocycles. The fourth-order valence-corrected chi connectivity index (χ4v) is 2.75. The fraction of sp³-hybridized carbons (Fsp3) is 0.273. The van der Waals surface area contributed by atoms with Gasteiger partial charge in [-0.15, -0.1) is 28.0 Å². The van der Waals surface area contributed by atoms with Gasteiger partial charge in [0.15, 0.2) is 5.82 Å². The van der Waals surface area contributed by atoms with Gasteiger partial charge >= 0.3 is 0 Å². The maximum Gasteiger partial charge on any atom is 0.151 e. The summed E-state index contributed by atoms with van der Waals surface area (Å²) in [5, 5.41) is 10.3. The molecule has 0 spiro atoms. The zero-order chi connectivity index (χ0) is 12.3. The van der Waals surface area contributed by atoms with Crippen LogP contribution >= 0.6 is 38.9 Å². The molecule has 0 bridgehead atoms. The highest BCUT2D eigenvalue weighted by atomic mass is 79.9. The molecule has 3 nitrogen and oxygen atoms in total. The van der Waals surface area contributed by atoms with Gasteiger partial charge in [0, 0.05) is 13.6 Å². The van der Waals surface area contributed by atoms with E-state index in [1.165, 1.54) is 5.56 Å². The second-order valence-corrected chi connectivity index (χ2v) is 6.19.